The minimum absolute atomic E-state index is 0.611. The van der Waals surface area contributed by atoms with Gasteiger partial charge in [0.2, 0.25) is 5.89 Å². The molecular formula is C15H13ClN2O. The molecule has 0 unspecified atom stereocenters. The number of nitrogens with zero attached hydrogens (tertiary/aromatic N) is 1. The van der Waals surface area contributed by atoms with E-state index in [9.17, 15) is 0 Å². The molecule has 0 saturated heterocycles. The lowest BCUT2D eigenvalue weighted by Gasteiger charge is -2.00. The molecule has 0 aliphatic rings. The number of halogens is 1. The average Bonchev–Trinajstić information content (AvgIpc) is 2.83. The molecule has 2 aromatic carbocycles. The van der Waals surface area contributed by atoms with Crippen molar-refractivity contribution in [1.29, 1.82) is 0 Å². The van der Waals surface area contributed by atoms with Crippen LogP contribution in [-0.4, -0.2) is 11.5 Å². The van der Waals surface area contributed by atoms with Crippen molar-refractivity contribution >= 4 is 28.4 Å². The van der Waals surface area contributed by atoms with E-state index in [0.29, 0.717) is 10.9 Å². The van der Waals surface area contributed by atoms with Crippen molar-refractivity contribution in [2.45, 2.75) is 6.92 Å². The lowest BCUT2D eigenvalue weighted by molar-refractivity contribution is 0.620. The zero-order valence-electron chi connectivity index (χ0n) is 10.5. The number of fused-ring (bicyclic) bond motifs is 1. The molecule has 0 atom stereocenters. The Hall–Kier alpha value is -2.00. The third-order valence-corrected chi connectivity index (χ3v) is 3.11. The summed E-state index contributed by atoms with van der Waals surface area (Å²) in [6.07, 6.45) is 0. The zero-order valence-corrected chi connectivity index (χ0v) is 11.2. The van der Waals surface area contributed by atoms with Gasteiger partial charge in [0.1, 0.15) is 5.52 Å². The predicted molar refractivity (Wildman–Crippen MR) is 78.6 cm³/mol. The molecule has 3 nitrogen and oxygen atoms in total. The van der Waals surface area contributed by atoms with Crippen molar-refractivity contribution in [2.24, 2.45) is 0 Å². The van der Waals surface area contributed by atoms with Gasteiger partial charge in [-0.05, 0) is 43.3 Å². The molecule has 0 spiro atoms. The van der Waals surface area contributed by atoms with Crippen molar-refractivity contribution in [2.75, 3.05) is 11.9 Å². The van der Waals surface area contributed by atoms with Crippen LogP contribution in [0.15, 0.2) is 46.9 Å². The summed E-state index contributed by atoms with van der Waals surface area (Å²) >= 11 is 5.87. The Bertz CT molecular complexity index is 704. The molecule has 0 fully saturated rings. The first kappa shape index (κ1) is 12.1. The molecule has 19 heavy (non-hydrogen) atoms. The Kier molecular flexibility index (Phi) is 3.13. The van der Waals surface area contributed by atoms with E-state index in [-0.39, 0.29) is 0 Å². The third kappa shape index (κ3) is 2.42. The normalized spacial score (nSPS) is 10.8. The first-order chi connectivity index (χ1) is 9.26. The SMILES string of the molecule is CCNc1ccc2nc(-c3ccc(Cl)cc3)oc2c1. The van der Waals surface area contributed by atoms with Crippen LogP contribution >= 0.6 is 11.6 Å². The second-order valence-corrected chi connectivity index (χ2v) is 4.68. The maximum atomic E-state index is 5.87. The van der Waals surface area contributed by atoms with Crippen LogP contribution in [0.25, 0.3) is 22.6 Å². The largest absolute Gasteiger partial charge is 0.436 e. The first-order valence-electron chi connectivity index (χ1n) is 6.16. The fraction of sp³-hybridized carbons (Fsp3) is 0.133. The fourth-order valence-electron chi connectivity index (χ4n) is 1.95. The molecule has 0 saturated carbocycles. The second kappa shape index (κ2) is 4.94. The van der Waals surface area contributed by atoms with Crippen molar-refractivity contribution in [3.63, 3.8) is 0 Å². The summed E-state index contributed by atoms with van der Waals surface area (Å²) in [6.45, 7) is 2.94. The van der Waals surface area contributed by atoms with E-state index in [1.165, 1.54) is 0 Å². The number of aromatic nitrogens is 1. The number of benzene rings is 2. The summed E-state index contributed by atoms with van der Waals surface area (Å²) in [6, 6.07) is 13.4. The van der Waals surface area contributed by atoms with Gasteiger partial charge in [-0.1, -0.05) is 11.6 Å². The number of nitrogens with one attached hydrogen (secondary N) is 1. The summed E-state index contributed by atoms with van der Waals surface area (Å²) < 4.78 is 5.79. The van der Waals surface area contributed by atoms with Gasteiger partial charge in [-0.25, -0.2) is 4.98 Å². The molecule has 0 amide bonds. The molecule has 3 rings (SSSR count). The van der Waals surface area contributed by atoms with E-state index >= 15 is 0 Å². The maximum Gasteiger partial charge on any atom is 0.227 e. The molecule has 1 N–H and O–H groups in total. The highest BCUT2D eigenvalue weighted by atomic mass is 35.5. The van der Waals surface area contributed by atoms with Crippen LogP contribution in [0.3, 0.4) is 0 Å². The number of hydrogen-bond acceptors (Lipinski definition) is 3. The quantitative estimate of drug-likeness (QED) is 0.758. The predicted octanol–water partition coefficient (Wildman–Crippen LogP) is 4.58. The van der Waals surface area contributed by atoms with Crippen LogP contribution in [0.4, 0.5) is 5.69 Å². The van der Waals surface area contributed by atoms with Gasteiger partial charge in [-0.3, -0.25) is 0 Å². The van der Waals surface area contributed by atoms with Crippen LogP contribution in [0, 0.1) is 0 Å². The van der Waals surface area contributed by atoms with E-state index in [0.717, 1.165) is 28.9 Å². The molecule has 0 bridgehead atoms. The van der Waals surface area contributed by atoms with E-state index in [4.69, 9.17) is 16.0 Å². The molecule has 0 aliphatic carbocycles. The number of hydrogen-bond donors (Lipinski definition) is 1. The van der Waals surface area contributed by atoms with Crippen LogP contribution in [-0.2, 0) is 0 Å². The van der Waals surface area contributed by atoms with Gasteiger partial charge in [-0.15, -0.1) is 0 Å². The van der Waals surface area contributed by atoms with Crippen molar-refractivity contribution in [1.82, 2.24) is 4.98 Å². The van der Waals surface area contributed by atoms with Crippen LogP contribution in [0.1, 0.15) is 6.92 Å². The van der Waals surface area contributed by atoms with Gasteiger partial charge in [0.25, 0.3) is 0 Å². The van der Waals surface area contributed by atoms with Crippen LogP contribution in [0.5, 0.6) is 0 Å². The van der Waals surface area contributed by atoms with Crippen LogP contribution in [0.2, 0.25) is 5.02 Å². The average molecular weight is 273 g/mol. The Morgan fingerprint density at radius 1 is 1.16 bits per heavy atom. The van der Waals surface area contributed by atoms with Gasteiger partial charge >= 0.3 is 0 Å². The lowest BCUT2D eigenvalue weighted by atomic mass is 10.2. The highest BCUT2D eigenvalue weighted by Crippen LogP contribution is 2.27. The van der Waals surface area contributed by atoms with Gasteiger partial charge in [0.05, 0.1) is 0 Å². The molecule has 1 aromatic heterocycles. The minimum Gasteiger partial charge on any atom is -0.436 e. The Balaban J connectivity index is 2.03. The summed E-state index contributed by atoms with van der Waals surface area (Å²) in [5.41, 5.74) is 3.59. The Morgan fingerprint density at radius 2 is 1.95 bits per heavy atom. The number of anilines is 1. The Labute approximate surface area is 116 Å². The molecule has 96 valence electrons. The highest BCUT2D eigenvalue weighted by molar-refractivity contribution is 6.30. The first-order valence-corrected chi connectivity index (χ1v) is 6.54. The van der Waals surface area contributed by atoms with Crippen molar-refractivity contribution < 1.29 is 4.42 Å². The summed E-state index contributed by atoms with van der Waals surface area (Å²) in [5.74, 6) is 0.611. The smallest absolute Gasteiger partial charge is 0.227 e. The van der Waals surface area contributed by atoms with Crippen LogP contribution < -0.4 is 5.32 Å². The number of rotatable bonds is 3. The number of oxazole rings is 1. The fourth-order valence-corrected chi connectivity index (χ4v) is 2.08. The highest BCUT2D eigenvalue weighted by Gasteiger charge is 2.08. The van der Waals surface area contributed by atoms with Crippen molar-refractivity contribution in [3.05, 3.63) is 47.5 Å². The third-order valence-electron chi connectivity index (χ3n) is 2.86. The topological polar surface area (TPSA) is 38.1 Å². The molecule has 0 radical (unpaired) electrons. The van der Waals surface area contributed by atoms with E-state index in [1.54, 1.807) is 0 Å². The molecule has 1 heterocycles. The van der Waals surface area contributed by atoms with Gasteiger partial charge in [0, 0.05) is 28.9 Å². The van der Waals surface area contributed by atoms with E-state index in [2.05, 4.69) is 17.2 Å². The van der Waals surface area contributed by atoms with Gasteiger partial charge in [-0.2, -0.15) is 0 Å². The molecule has 0 aliphatic heterocycles. The van der Waals surface area contributed by atoms with Crippen molar-refractivity contribution in [3.8, 4) is 11.5 Å². The summed E-state index contributed by atoms with van der Waals surface area (Å²) in [4.78, 5) is 4.48. The molecule has 3 aromatic rings. The summed E-state index contributed by atoms with van der Waals surface area (Å²) in [7, 11) is 0. The van der Waals surface area contributed by atoms with E-state index in [1.807, 2.05) is 42.5 Å². The second-order valence-electron chi connectivity index (χ2n) is 4.24. The monoisotopic (exact) mass is 272 g/mol. The lowest BCUT2D eigenvalue weighted by Crippen LogP contribution is -1.95. The zero-order chi connectivity index (χ0) is 13.2. The standard InChI is InChI=1S/C15H13ClN2O/c1-2-17-12-7-8-13-14(9-12)19-15(18-13)10-3-5-11(16)6-4-10/h3-9,17H,2H2,1H3. The molecule has 4 heteroatoms. The summed E-state index contributed by atoms with van der Waals surface area (Å²) in [5, 5.41) is 3.95. The Morgan fingerprint density at radius 3 is 2.68 bits per heavy atom. The molecular weight excluding hydrogens is 260 g/mol. The van der Waals surface area contributed by atoms with Gasteiger partial charge < -0.3 is 9.73 Å². The minimum atomic E-state index is 0.611. The van der Waals surface area contributed by atoms with Gasteiger partial charge in [0.15, 0.2) is 5.58 Å². The maximum absolute atomic E-state index is 5.87. The van der Waals surface area contributed by atoms with E-state index < -0.39 is 0 Å².